The third-order valence-corrected chi connectivity index (χ3v) is 7.46. The van der Waals surface area contributed by atoms with Gasteiger partial charge >= 0.3 is 11.8 Å². The first kappa shape index (κ1) is 24.7. The van der Waals surface area contributed by atoms with Crippen molar-refractivity contribution < 1.29 is 28.9 Å². The van der Waals surface area contributed by atoms with E-state index in [4.69, 9.17) is 5.73 Å². The lowest BCUT2D eigenvalue weighted by atomic mass is 9.90. The second kappa shape index (κ2) is 10.5. The fraction of sp³-hybridized carbons (Fsp3) is 0.480. The minimum Gasteiger partial charge on any atom is -0.364 e. The van der Waals surface area contributed by atoms with Crippen molar-refractivity contribution in [3.8, 4) is 5.69 Å². The van der Waals surface area contributed by atoms with Gasteiger partial charge in [-0.3, -0.25) is 14.8 Å². The van der Waals surface area contributed by atoms with Crippen molar-refractivity contribution in [2.45, 2.75) is 51.0 Å². The molecule has 2 heterocycles. The lowest BCUT2D eigenvalue weighted by Gasteiger charge is -2.36. The molecule has 3 N–H and O–H groups in total. The molecule has 2 aromatic rings. The van der Waals surface area contributed by atoms with E-state index in [0.717, 1.165) is 31.4 Å². The molecule has 1 saturated heterocycles. The summed E-state index contributed by atoms with van der Waals surface area (Å²) in [5.41, 5.74) is 6.76. The van der Waals surface area contributed by atoms with Crippen LogP contribution in [0.5, 0.6) is 0 Å². The summed E-state index contributed by atoms with van der Waals surface area (Å²) in [5, 5.41) is 14.6. The van der Waals surface area contributed by atoms with Gasteiger partial charge in [-0.2, -0.15) is 9.58 Å². The van der Waals surface area contributed by atoms with Crippen LogP contribution in [0, 0.1) is 11.8 Å². The number of rotatable bonds is 9. The number of primary amides is 1. The number of hydrogen-bond acceptors (Lipinski definition) is 6. The van der Waals surface area contributed by atoms with Crippen molar-refractivity contribution in [1.82, 2.24) is 14.8 Å². The van der Waals surface area contributed by atoms with Crippen molar-refractivity contribution in [1.29, 1.82) is 0 Å². The number of amides is 4. The molecule has 1 saturated carbocycles. The van der Waals surface area contributed by atoms with Gasteiger partial charge in [-0.25, -0.2) is 19.3 Å². The molecule has 10 heteroatoms. The first-order valence-electron chi connectivity index (χ1n) is 12.1. The Hall–Kier alpha value is -3.37. The zero-order valence-corrected chi connectivity index (χ0v) is 19.7. The molecule has 35 heavy (non-hydrogen) atoms. The number of nitrogens with zero attached hydrogens (tertiary/aromatic N) is 4. The van der Waals surface area contributed by atoms with Crippen LogP contribution in [0.25, 0.3) is 5.69 Å². The number of hydroxylamine groups is 2. The van der Waals surface area contributed by atoms with Gasteiger partial charge in [-0.15, -0.1) is 0 Å². The molecule has 0 spiro atoms. The van der Waals surface area contributed by atoms with Crippen LogP contribution in [0.3, 0.4) is 0 Å². The third kappa shape index (κ3) is 4.89. The Bertz CT molecular complexity index is 1060. The van der Waals surface area contributed by atoms with E-state index in [1.54, 1.807) is 47.4 Å². The number of hydrogen-bond donors (Lipinski definition) is 2. The van der Waals surface area contributed by atoms with E-state index in [1.165, 1.54) is 0 Å². The summed E-state index contributed by atoms with van der Waals surface area (Å²) in [4.78, 5) is 51.8. The summed E-state index contributed by atoms with van der Waals surface area (Å²) in [5.74, 6) is -2.17. The van der Waals surface area contributed by atoms with Crippen LogP contribution in [0.2, 0.25) is 0 Å². The maximum Gasteiger partial charge on any atom is 0.353 e. The molecular formula is C25H32N5O5+. The minimum atomic E-state index is -0.991. The Morgan fingerprint density at radius 1 is 1.17 bits per heavy atom. The number of likely N-dealkylation sites (tertiary alicyclic amines) is 1. The zero-order valence-electron chi connectivity index (χ0n) is 19.7. The maximum absolute atomic E-state index is 14.2. The third-order valence-electron chi connectivity index (χ3n) is 7.46. The summed E-state index contributed by atoms with van der Waals surface area (Å²) >= 11 is 0. The zero-order chi connectivity index (χ0) is 25.0. The summed E-state index contributed by atoms with van der Waals surface area (Å²) in [7, 11) is 0. The van der Waals surface area contributed by atoms with E-state index in [9.17, 15) is 24.4 Å². The summed E-state index contributed by atoms with van der Waals surface area (Å²) < 4.78 is 0.944. The molecule has 0 radical (unpaired) electrons. The molecule has 1 aromatic heterocycles. The highest BCUT2D eigenvalue weighted by atomic mass is 16.5. The topological polar surface area (TPSA) is 136 Å². The molecule has 1 unspecified atom stereocenters. The Morgan fingerprint density at radius 3 is 2.49 bits per heavy atom. The van der Waals surface area contributed by atoms with Gasteiger partial charge in [0, 0.05) is 25.2 Å². The van der Waals surface area contributed by atoms with Crippen molar-refractivity contribution in [3.05, 3.63) is 48.3 Å². The Balaban J connectivity index is 1.70. The first-order valence-corrected chi connectivity index (χ1v) is 12.1. The molecule has 2 fully saturated rings. The van der Waals surface area contributed by atoms with Gasteiger partial charge < -0.3 is 5.73 Å². The number of carbonyl (C=O) groups excluding carboxylic acids is 4. The predicted molar refractivity (Wildman–Crippen MR) is 125 cm³/mol. The molecule has 0 bridgehead atoms. The monoisotopic (exact) mass is 482 g/mol. The highest BCUT2D eigenvalue weighted by Crippen LogP contribution is 2.37. The van der Waals surface area contributed by atoms with Crippen LogP contribution in [-0.2, 0) is 14.4 Å². The van der Waals surface area contributed by atoms with Gasteiger partial charge in [-0.05, 0) is 42.7 Å². The Labute approximate surface area is 203 Å². The molecule has 1 aromatic carbocycles. The van der Waals surface area contributed by atoms with E-state index >= 15 is 0 Å². The van der Waals surface area contributed by atoms with Gasteiger partial charge in [-0.1, -0.05) is 25.7 Å². The number of aromatic nitrogens is 2. The Morgan fingerprint density at radius 2 is 1.89 bits per heavy atom. The largest absolute Gasteiger partial charge is 0.364 e. The molecule has 3 atom stereocenters. The summed E-state index contributed by atoms with van der Waals surface area (Å²) in [6, 6.07) is 7.50. The molecule has 4 amide bonds. The molecule has 2 aliphatic rings. The van der Waals surface area contributed by atoms with E-state index in [0.29, 0.717) is 29.9 Å². The van der Waals surface area contributed by atoms with E-state index in [-0.39, 0.29) is 25.4 Å². The van der Waals surface area contributed by atoms with Gasteiger partial charge in [0.1, 0.15) is 0 Å². The molecule has 1 aliphatic heterocycles. The first-order chi connectivity index (χ1) is 16.9. The molecule has 186 valence electrons. The number of nitrogens with two attached hydrogens (primary N) is 1. The fourth-order valence-electron chi connectivity index (χ4n) is 5.78. The maximum atomic E-state index is 14.2. The standard InChI is InChI=1S/C25H31N5O5/c26-23(32)22-7-3-14-30(22,24(33)19-8-10-21(11-9-19)29-13-4-12-27-29)25(34)20(16-28(35)17-31)15-18-5-1-2-6-18/h4,8-13,17-18,20,22,35H,1-3,5-7,14-16H2,(H-,26,32)/p+1/t20-,22+,30?/m1/s1. The van der Waals surface area contributed by atoms with Crippen molar-refractivity contribution in [3.63, 3.8) is 0 Å². The lowest BCUT2D eigenvalue weighted by molar-refractivity contribution is -0.777. The van der Waals surface area contributed by atoms with E-state index in [1.807, 2.05) is 0 Å². The SMILES string of the molecule is NC(=O)[C@@H]1CCC[N+]1(C(=O)c1ccc(-n2cccn2)cc1)C(=O)[C@H](CC1CCCC1)CN(O)C=O. The molecule has 4 rings (SSSR count). The van der Waals surface area contributed by atoms with Crippen LogP contribution in [0.4, 0.5) is 0 Å². The fourth-order valence-corrected chi connectivity index (χ4v) is 5.78. The van der Waals surface area contributed by atoms with Crippen molar-refractivity contribution >= 4 is 24.1 Å². The van der Waals surface area contributed by atoms with Crippen LogP contribution in [-0.4, -0.2) is 67.8 Å². The average molecular weight is 483 g/mol. The highest BCUT2D eigenvalue weighted by Gasteiger charge is 2.58. The second-order valence-electron chi connectivity index (χ2n) is 9.60. The smallest absolute Gasteiger partial charge is 0.353 e. The lowest BCUT2D eigenvalue weighted by Crippen LogP contribution is -2.65. The average Bonchev–Trinajstić information content (AvgIpc) is 3.65. The number of imide groups is 1. The van der Waals surface area contributed by atoms with E-state index < -0.39 is 34.2 Å². The molecule has 10 nitrogen and oxygen atoms in total. The molecule has 1 aliphatic carbocycles. The van der Waals surface area contributed by atoms with Crippen LogP contribution < -0.4 is 5.73 Å². The number of benzene rings is 1. The van der Waals surface area contributed by atoms with Gasteiger partial charge in [0.15, 0.2) is 6.04 Å². The van der Waals surface area contributed by atoms with E-state index in [2.05, 4.69) is 5.10 Å². The Kier molecular flexibility index (Phi) is 7.42. The van der Waals surface area contributed by atoms with Crippen LogP contribution in [0.15, 0.2) is 42.7 Å². The van der Waals surface area contributed by atoms with Gasteiger partial charge in [0.2, 0.25) is 6.41 Å². The predicted octanol–water partition coefficient (Wildman–Crippen LogP) is 2.05. The van der Waals surface area contributed by atoms with Crippen LogP contribution >= 0.6 is 0 Å². The summed E-state index contributed by atoms with van der Waals surface area (Å²) in [6.45, 7) is -0.0737. The van der Waals surface area contributed by atoms with Crippen LogP contribution in [0.1, 0.15) is 55.3 Å². The molecular weight excluding hydrogens is 450 g/mol. The highest BCUT2D eigenvalue weighted by molar-refractivity contribution is 5.99. The number of carbonyl (C=O) groups is 4. The number of quaternary nitrogens is 1. The second-order valence-corrected chi connectivity index (χ2v) is 9.60. The van der Waals surface area contributed by atoms with Gasteiger partial charge in [0.25, 0.3) is 5.91 Å². The normalized spacial score (nSPS) is 23.2. The minimum absolute atomic E-state index is 0.153. The quantitative estimate of drug-likeness (QED) is 0.243. The summed E-state index contributed by atoms with van der Waals surface area (Å²) in [6.07, 6.45) is 8.98. The van der Waals surface area contributed by atoms with Crippen molar-refractivity contribution in [2.24, 2.45) is 17.6 Å². The van der Waals surface area contributed by atoms with Crippen molar-refractivity contribution in [2.75, 3.05) is 13.1 Å². The van der Waals surface area contributed by atoms with Gasteiger partial charge in [0.05, 0.1) is 30.3 Å².